The van der Waals surface area contributed by atoms with Crippen LogP contribution < -0.4 is 28.3 Å². The van der Waals surface area contributed by atoms with Crippen LogP contribution in [0.1, 0.15) is 33.1 Å². The fraction of sp³-hybridized carbons (Fsp3) is 0.857. The lowest BCUT2D eigenvalue weighted by Gasteiger charge is -2.21. The van der Waals surface area contributed by atoms with E-state index in [-0.39, 0.29) is 13.4 Å². The highest BCUT2D eigenvalue weighted by Gasteiger charge is 2.19. The summed E-state index contributed by atoms with van der Waals surface area (Å²) in [7, 11) is 0. The minimum atomic E-state index is -0.105. The van der Waals surface area contributed by atoms with E-state index in [0.29, 0.717) is 6.54 Å². The van der Waals surface area contributed by atoms with Crippen molar-refractivity contribution in [2.45, 2.75) is 33.1 Å². The number of nitrogens with one attached hydrogen (secondary N) is 1. The summed E-state index contributed by atoms with van der Waals surface area (Å²) in [5, 5.41) is 3.13. The van der Waals surface area contributed by atoms with Crippen LogP contribution in [0, 0.1) is 0 Å². The minimum Gasteiger partial charge on any atom is -0.369 e. The molecular weight excluding hydrogens is 316 g/mol. The molecular formula is C14H35ClN8. The predicted octanol–water partition coefficient (Wildman–Crippen LogP) is -0.182. The second-order valence-corrected chi connectivity index (χ2v) is 5.10. The van der Waals surface area contributed by atoms with Crippen LogP contribution in [0.2, 0.25) is 0 Å². The second-order valence-electron chi connectivity index (χ2n) is 4.93. The van der Waals surface area contributed by atoms with Crippen molar-refractivity contribution in [3.05, 3.63) is 0 Å². The summed E-state index contributed by atoms with van der Waals surface area (Å²) < 4.78 is 2.83. The molecule has 0 aromatic heterocycles. The molecule has 1 fully saturated rings. The SMILES string of the molecule is C.C1CN=C2CCCN2C1.NC(N)=NCl.NCCCNCCN. The van der Waals surface area contributed by atoms with Gasteiger partial charge in [0.1, 0.15) is 0 Å². The Morgan fingerprint density at radius 2 is 1.83 bits per heavy atom. The van der Waals surface area contributed by atoms with E-state index in [9.17, 15) is 0 Å². The maximum atomic E-state index is 5.24. The van der Waals surface area contributed by atoms with Crippen LogP contribution >= 0.6 is 11.8 Å². The monoisotopic (exact) mass is 350 g/mol. The van der Waals surface area contributed by atoms with E-state index in [1.807, 2.05) is 0 Å². The highest BCUT2D eigenvalue weighted by atomic mass is 35.5. The molecule has 0 aromatic rings. The summed E-state index contributed by atoms with van der Waals surface area (Å²) in [6, 6.07) is 0. The number of rotatable bonds is 5. The first-order valence-electron chi connectivity index (χ1n) is 7.74. The van der Waals surface area contributed by atoms with E-state index in [1.54, 1.807) is 0 Å². The smallest absolute Gasteiger partial charge is 0.203 e. The maximum absolute atomic E-state index is 5.24. The zero-order chi connectivity index (χ0) is 16.6. The standard InChI is InChI=1S/C7H12N2.C5H15N3.CH4ClN3.CH4/c1-3-7-8-4-2-6-9(7)5-1;6-2-1-4-8-5-3-7;2-5-1(3)4;/h1-6H2;8H,1-7H2;(H4,3,4,5);1H4. The molecule has 0 aromatic carbocycles. The highest BCUT2D eigenvalue weighted by molar-refractivity contribution is 6.19. The number of halogens is 1. The highest BCUT2D eigenvalue weighted by Crippen LogP contribution is 2.14. The number of amidine groups is 1. The molecule has 8 nitrogen and oxygen atoms in total. The summed E-state index contributed by atoms with van der Waals surface area (Å²) >= 11 is 4.67. The van der Waals surface area contributed by atoms with Crippen molar-refractivity contribution in [3.63, 3.8) is 0 Å². The fourth-order valence-corrected chi connectivity index (χ4v) is 2.06. The summed E-state index contributed by atoms with van der Waals surface area (Å²) in [5.74, 6) is 1.27. The lowest BCUT2D eigenvalue weighted by atomic mass is 10.3. The Morgan fingerprint density at radius 3 is 2.35 bits per heavy atom. The Hall–Kier alpha value is -1.09. The molecule has 0 aliphatic carbocycles. The number of nitrogens with zero attached hydrogens (tertiary/aromatic N) is 3. The topological polar surface area (TPSA) is 144 Å². The third-order valence-corrected chi connectivity index (χ3v) is 3.25. The Kier molecular flexibility index (Phi) is 18.1. The molecule has 2 aliphatic heterocycles. The van der Waals surface area contributed by atoms with Gasteiger partial charge in [0.25, 0.3) is 0 Å². The molecule has 138 valence electrons. The third kappa shape index (κ3) is 14.2. The Bertz CT molecular complexity index is 312. The van der Waals surface area contributed by atoms with Gasteiger partial charge < -0.3 is 33.2 Å². The second kappa shape index (κ2) is 17.3. The first kappa shape index (κ1) is 24.2. The summed E-state index contributed by atoms with van der Waals surface area (Å²) in [6.45, 7) is 6.97. The van der Waals surface area contributed by atoms with Crippen LogP contribution in [0.3, 0.4) is 0 Å². The van der Waals surface area contributed by atoms with E-state index in [0.717, 1.165) is 32.6 Å². The number of guanidine groups is 1. The molecule has 0 saturated carbocycles. The molecule has 23 heavy (non-hydrogen) atoms. The van der Waals surface area contributed by atoms with Gasteiger partial charge in [0.15, 0.2) is 0 Å². The lowest BCUT2D eigenvalue weighted by Crippen LogP contribution is -2.29. The molecule has 0 spiro atoms. The lowest BCUT2D eigenvalue weighted by molar-refractivity contribution is 0.427. The zero-order valence-corrected chi connectivity index (χ0v) is 14.1. The normalized spacial score (nSPS) is 14.9. The average Bonchev–Trinajstić information content (AvgIpc) is 3.01. The summed E-state index contributed by atoms with van der Waals surface area (Å²) in [5.41, 5.74) is 19.8. The van der Waals surface area contributed by atoms with Crippen LogP contribution in [0.4, 0.5) is 0 Å². The van der Waals surface area contributed by atoms with Gasteiger partial charge in [-0.15, -0.1) is 4.51 Å². The summed E-state index contributed by atoms with van der Waals surface area (Å²) in [4.78, 5) is 6.85. The van der Waals surface area contributed by atoms with E-state index in [1.165, 1.54) is 38.2 Å². The zero-order valence-electron chi connectivity index (χ0n) is 13.3. The molecule has 2 aliphatic rings. The van der Waals surface area contributed by atoms with Gasteiger partial charge in [0.05, 0.1) is 5.84 Å². The van der Waals surface area contributed by atoms with Gasteiger partial charge in [0, 0.05) is 50.9 Å². The molecule has 0 unspecified atom stereocenters. The number of fused-ring (bicyclic) bond motifs is 1. The summed E-state index contributed by atoms with van der Waals surface area (Å²) in [6.07, 6.45) is 4.88. The van der Waals surface area contributed by atoms with Gasteiger partial charge >= 0.3 is 0 Å². The van der Waals surface area contributed by atoms with Gasteiger partial charge in [-0.25, -0.2) is 0 Å². The van der Waals surface area contributed by atoms with Crippen LogP contribution in [0.25, 0.3) is 0 Å². The largest absolute Gasteiger partial charge is 0.369 e. The molecule has 0 amide bonds. The van der Waals surface area contributed by atoms with E-state index >= 15 is 0 Å². The van der Waals surface area contributed by atoms with Crippen molar-refractivity contribution < 1.29 is 0 Å². The van der Waals surface area contributed by atoms with Gasteiger partial charge in [-0.1, -0.05) is 7.43 Å². The molecule has 0 atom stereocenters. The molecule has 9 N–H and O–H groups in total. The van der Waals surface area contributed by atoms with Gasteiger partial charge in [-0.3, -0.25) is 4.99 Å². The van der Waals surface area contributed by atoms with E-state index in [4.69, 9.17) is 11.5 Å². The Morgan fingerprint density at radius 1 is 1.17 bits per heavy atom. The Balaban J connectivity index is 0. The molecule has 0 radical (unpaired) electrons. The molecule has 9 heteroatoms. The van der Waals surface area contributed by atoms with E-state index in [2.05, 4.69) is 43.0 Å². The van der Waals surface area contributed by atoms with Crippen molar-refractivity contribution >= 4 is 23.6 Å². The minimum absolute atomic E-state index is 0. The molecule has 2 rings (SSSR count). The van der Waals surface area contributed by atoms with Crippen LogP contribution in [0.5, 0.6) is 0 Å². The van der Waals surface area contributed by atoms with E-state index < -0.39 is 0 Å². The number of hydrogen-bond donors (Lipinski definition) is 5. The number of hydrogen-bond acceptors (Lipinski definition) is 6. The average molecular weight is 351 g/mol. The van der Waals surface area contributed by atoms with Crippen LogP contribution in [-0.4, -0.2) is 62.5 Å². The van der Waals surface area contributed by atoms with Crippen molar-refractivity contribution in [3.8, 4) is 0 Å². The Labute approximate surface area is 145 Å². The quantitative estimate of drug-likeness (QED) is 0.264. The molecule has 1 saturated heterocycles. The van der Waals surface area contributed by atoms with Gasteiger partial charge in [-0.05, 0) is 32.4 Å². The first-order chi connectivity index (χ1) is 10.7. The van der Waals surface area contributed by atoms with Crippen molar-refractivity contribution in [1.29, 1.82) is 0 Å². The van der Waals surface area contributed by atoms with Gasteiger partial charge in [-0.2, -0.15) is 0 Å². The van der Waals surface area contributed by atoms with Crippen molar-refractivity contribution in [2.24, 2.45) is 32.4 Å². The fourth-order valence-electron chi connectivity index (χ4n) is 2.06. The van der Waals surface area contributed by atoms with Gasteiger partial charge in [0.2, 0.25) is 5.96 Å². The van der Waals surface area contributed by atoms with Crippen LogP contribution in [-0.2, 0) is 0 Å². The molecule has 0 bridgehead atoms. The first-order valence-corrected chi connectivity index (χ1v) is 8.08. The molecule has 2 heterocycles. The van der Waals surface area contributed by atoms with Crippen LogP contribution in [0.15, 0.2) is 9.50 Å². The maximum Gasteiger partial charge on any atom is 0.203 e. The van der Waals surface area contributed by atoms with Crippen molar-refractivity contribution in [2.75, 3.05) is 45.8 Å². The number of nitrogens with two attached hydrogens (primary N) is 4. The third-order valence-electron chi connectivity index (χ3n) is 3.05. The number of aliphatic imine (C=N–C) groups is 1. The van der Waals surface area contributed by atoms with Crippen molar-refractivity contribution in [1.82, 2.24) is 10.2 Å². The predicted molar refractivity (Wildman–Crippen MR) is 102 cm³/mol.